The molecule has 2 aromatic heterocycles. The quantitative estimate of drug-likeness (QED) is 0.697. The first kappa shape index (κ1) is 18.5. The molecule has 25 heavy (non-hydrogen) atoms. The minimum absolute atomic E-state index is 0.239. The van der Waals surface area contributed by atoms with Gasteiger partial charge in [0.2, 0.25) is 0 Å². The Balaban J connectivity index is 1.77. The lowest BCUT2D eigenvalue weighted by Crippen LogP contribution is -2.39. The molecule has 0 saturated carbocycles. The highest BCUT2D eigenvalue weighted by atomic mass is 32.1. The van der Waals surface area contributed by atoms with Crippen molar-refractivity contribution in [1.29, 1.82) is 0 Å². The summed E-state index contributed by atoms with van der Waals surface area (Å²) in [6.45, 7) is 8.91. The number of aliphatic hydroxyl groups excluding tert-OH is 1. The van der Waals surface area contributed by atoms with Crippen LogP contribution in [0.3, 0.4) is 0 Å². The van der Waals surface area contributed by atoms with Crippen LogP contribution >= 0.6 is 11.3 Å². The van der Waals surface area contributed by atoms with Crippen molar-refractivity contribution in [2.45, 2.75) is 33.1 Å². The first-order valence-electron chi connectivity index (χ1n) is 9.16. The van der Waals surface area contributed by atoms with Crippen LogP contribution in [-0.2, 0) is 6.42 Å². The van der Waals surface area contributed by atoms with E-state index >= 15 is 0 Å². The number of aromatic nitrogens is 2. The first-order chi connectivity index (χ1) is 12.1. The van der Waals surface area contributed by atoms with Gasteiger partial charge in [0.25, 0.3) is 0 Å². The predicted molar refractivity (Wildman–Crippen MR) is 104 cm³/mol. The van der Waals surface area contributed by atoms with E-state index in [0.717, 1.165) is 48.0 Å². The number of nitrogens with zero attached hydrogens (tertiary/aromatic N) is 3. The Kier molecular flexibility index (Phi) is 6.22. The van der Waals surface area contributed by atoms with Crippen molar-refractivity contribution in [1.82, 2.24) is 14.9 Å². The van der Waals surface area contributed by atoms with Crippen LogP contribution in [0.2, 0.25) is 0 Å². The molecule has 7 heteroatoms. The molecule has 1 saturated heterocycles. The van der Waals surface area contributed by atoms with E-state index in [1.54, 1.807) is 11.3 Å². The van der Waals surface area contributed by atoms with E-state index in [9.17, 15) is 0 Å². The number of nitrogens with two attached hydrogens (primary N) is 1. The number of piperidine rings is 1. The predicted octanol–water partition coefficient (Wildman–Crippen LogP) is 1.93. The van der Waals surface area contributed by atoms with Gasteiger partial charge in [0.15, 0.2) is 0 Å². The van der Waals surface area contributed by atoms with Crippen molar-refractivity contribution in [3.05, 3.63) is 16.3 Å². The highest BCUT2D eigenvalue weighted by Gasteiger charge is 2.20. The molecule has 0 amide bonds. The summed E-state index contributed by atoms with van der Waals surface area (Å²) >= 11 is 1.73. The molecule has 3 rings (SSSR count). The van der Waals surface area contributed by atoms with Crippen molar-refractivity contribution in [3.8, 4) is 0 Å². The molecule has 4 N–H and O–H groups in total. The van der Waals surface area contributed by atoms with Gasteiger partial charge < -0.3 is 21.1 Å². The van der Waals surface area contributed by atoms with Gasteiger partial charge in [0, 0.05) is 30.9 Å². The number of fused-ring (bicyclic) bond motifs is 1. The Morgan fingerprint density at radius 2 is 2.20 bits per heavy atom. The Morgan fingerprint density at radius 1 is 1.36 bits per heavy atom. The third-order valence-electron chi connectivity index (χ3n) is 5.02. The molecular formula is C18H29N5OS. The van der Waals surface area contributed by atoms with Gasteiger partial charge in [-0.05, 0) is 51.3 Å². The summed E-state index contributed by atoms with van der Waals surface area (Å²) in [5.74, 6) is 2.36. The molecule has 0 radical (unpaired) electrons. The molecule has 0 aliphatic carbocycles. The van der Waals surface area contributed by atoms with Gasteiger partial charge in [-0.1, -0.05) is 0 Å². The zero-order valence-corrected chi connectivity index (χ0v) is 16.0. The Labute approximate surface area is 153 Å². The van der Waals surface area contributed by atoms with Crippen molar-refractivity contribution < 1.29 is 5.11 Å². The maximum absolute atomic E-state index is 9.16. The third-order valence-corrected chi connectivity index (χ3v) is 6.12. The Hall–Kier alpha value is -1.28. The van der Waals surface area contributed by atoms with Crippen LogP contribution in [0.25, 0.3) is 10.2 Å². The Bertz CT molecular complexity index is 715. The van der Waals surface area contributed by atoms with Crippen LogP contribution < -0.4 is 11.1 Å². The van der Waals surface area contributed by atoms with Crippen molar-refractivity contribution in [3.63, 3.8) is 0 Å². The smallest absolute Gasteiger partial charge is 0.138 e. The fourth-order valence-corrected chi connectivity index (χ4v) is 4.61. The molecule has 1 aliphatic heterocycles. The summed E-state index contributed by atoms with van der Waals surface area (Å²) in [5.41, 5.74) is 6.97. The van der Waals surface area contributed by atoms with Crippen LogP contribution in [0, 0.1) is 19.8 Å². The molecule has 0 bridgehead atoms. The highest BCUT2D eigenvalue weighted by molar-refractivity contribution is 7.18. The lowest BCUT2D eigenvalue weighted by atomic mass is 9.98. The topological polar surface area (TPSA) is 87.3 Å². The van der Waals surface area contributed by atoms with Crippen LogP contribution in [0.4, 0.5) is 5.82 Å². The molecule has 1 aliphatic rings. The van der Waals surface area contributed by atoms with E-state index in [1.807, 2.05) is 0 Å². The first-order valence-corrected chi connectivity index (χ1v) is 9.97. The van der Waals surface area contributed by atoms with E-state index in [0.29, 0.717) is 18.9 Å². The summed E-state index contributed by atoms with van der Waals surface area (Å²) in [5, 5.41) is 13.9. The monoisotopic (exact) mass is 363 g/mol. The van der Waals surface area contributed by atoms with Gasteiger partial charge in [-0.25, -0.2) is 9.97 Å². The van der Waals surface area contributed by atoms with Crippen molar-refractivity contribution in [2.24, 2.45) is 11.7 Å². The number of thiophene rings is 1. The molecule has 0 spiro atoms. The van der Waals surface area contributed by atoms with Crippen molar-refractivity contribution >= 4 is 27.4 Å². The van der Waals surface area contributed by atoms with Gasteiger partial charge in [0.1, 0.15) is 16.5 Å². The molecule has 3 heterocycles. The molecule has 1 atom stereocenters. The maximum atomic E-state index is 9.16. The summed E-state index contributed by atoms with van der Waals surface area (Å²) in [6.07, 6.45) is 3.12. The molecule has 0 aromatic carbocycles. The Morgan fingerprint density at radius 3 is 2.96 bits per heavy atom. The van der Waals surface area contributed by atoms with E-state index in [2.05, 4.69) is 29.0 Å². The lowest BCUT2D eigenvalue weighted by Gasteiger charge is -2.32. The van der Waals surface area contributed by atoms with E-state index in [4.69, 9.17) is 15.8 Å². The molecular weight excluding hydrogens is 334 g/mol. The fraction of sp³-hybridized carbons (Fsp3) is 0.667. The van der Waals surface area contributed by atoms with Gasteiger partial charge in [-0.2, -0.15) is 0 Å². The number of rotatable bonds is 7. The zero-order valence-electron chi connectivity index (χ0n) is 15.2. The van der Waals surface area contributed by atoms with Crippen LogP contribution in [0.15, 0.2) is 0 Å². The highest BCUT2D eigenvalue weighted by Crippen LogP contribution is 2.33. The second kappa shape index (κ2) is 8.40. The second-order valence-electron chi connectivity index (χ2n) is 6.90. The molecule has 0 unspecified atom stereocenters. The number of aryl methyl sites for hydroxylation is 2. The second-order valence-corrected chi connectivity index (χ2v) is 8.11. The summed E-state index contributed by atoms with van der Waals surface area (Å²) < 4.78 is 0. The summed E-state index contributed by atoms with van der Waals surface area (Å²) in [4.78, 5) is 14.2. The SMILES string of the molecule is Cc1sc2nc(CCN)nc(NC[C@H]3CCCN(CCO)C3)c2c1C. The minimum atomic E-state index is 0.239. The summed E-state index contributed by atoms with van der Waals surface area (Å²) in [7, 11) is 0. The van der Waals surface area contributed by atoms with Gasteiger partial charge in [-0.15, -0.1) is 11.3 Å². The van der Waals surface area contributed by atoms with Crippen LogP contribution in [-0.4, -0.2) is 59.3 Å². The van der Waals surface area contributed by atoms with Gasteiger partial charge in [0.05, 0.1) is 12.0 Å². The molecule has 138 valence electrons. The number of aliphatic hydroxyl groups is 1. The van der Waals surface area contributed by atoms with Gasteiger partial charge >= 0.3 is 0 Å². The largest absolute Gasteiger partial charge is 0.395 e. The molecule has 1 fully saturated rings. The maximum Gasteiger partial charge on any atom is 0.138 e. The average molecular weight is 364 g/mol. The van der Waals surface area contributed by atoms with Crippen molar-refractivity contribution in [2.75, 3.05) is 44.6 Å². The summed E-state index contributed by atoms with van der Waals surface area (Å²) in [6, 6.07) is 0. The van der Waals surface area contributed by atoms with Gasteiger partial charge in [-0.3, -0.25) is 0 Å². The number of β-amino-alcohol motifs (C(OH)–C–C–N with tert-alkyl or cyclic N) is 1. The van der Waals surface area contributed by atoms with E-state index < -0.39 is 0 Å². The molecule has 6 nitrogen and oxygen atoms in total. The number of anilines is 1. The zero-order chi connectivity index (χ0) is 17.8. The number of likely N-dealkylation sites (tertiary alicyclic amines) is 1. The fourth-order valence-electron chi connectivity index (χ4n) is 3.57. The minimum Gasteiger partial charge on any atom is -0.395 e. The van der Waals surface area contributed by atoms with Crippen LogP contribution in [0.5, 0.6) is 0 Å². The number of nitrogens with one attached hydrogen (secondary N) is 1. The molecule has 2 aromatic rings. The number of hydrogen-bond donors (Lipinski definition) is 3. The van der Waals surface area contributed by atoms with E-state index in [-0.39, 0.29) is 6.61 Å². The third kappa shape index (κ3) is 4.28. The van der Waals surface area contributed by atoms with Crippen LogP contribution in [0.1, 0.15) is 29.1 Å². The normalized spacial score (nSPS) is 18.8. The number of hydrogen-bond acceptors (Lipinski definition) is 7. The standard InChI is InChI=1S/C18H29N5OS/c1-12-13(2)25-18-16(12)17(21-15(22-18)5-6-19)20-10-14-4-3-7-23(11-14)8-9-24/h14,24H,3-11,19H2,1-2H3,(H,20,21,22)/t14-/m1/s1. The lowest BCUT2D eigenvalue weighted by molar-refractivity contribution is 0.144. The van der Waals surface area contributed by atoms with E-state index in [1.165, 1.54) is 23.3 Å². The average Bonchev–Trinajstić information content (AvgIpc) is 2.88.